The number of aromatic nitrogens is 2. The summed E-state index contributed by atoms with van der Waals surface area (Å²) >= 11 is 0. The van der Waals surface area contributed by atoms with Crippen molar-refractivity contribution < 1.29 is 28.5 Å². The Bertz CT molecular complexity index is 1060. The summed E-state index contributed by atoms with van der Waals surface area (Å²) in [5.41, 5.74) is 0.903. The minimum Gasteiger partial charge on any atom is -0.444 e. The van der Waals surface area contributed by atoms with Gasteiger partial charge < -0.3 is 14.5 Å². The third-order valence-electron chi connectivity index (χ3n) is 5.36. The molecule has 0 aliphatic carbocycles. The van der Waals surface area contributed by atoms with Crippen LogP contribution in [0.15, 0.2) is 37.0 Å². The van der Waals surface area contributed by atoms with Crippen LogP contribution in [0.5, 0.6) is 0 Å². The van der Waals surface area contributed by atoms with Crippen molar-refractivity contribution in [3.8, 4) is 0 Å². The van der Waals surface area contributed by atoms with Gasteiger partial charge >= 0.3 is 11.9 Å². The van der Waals surface area contributed by atoms with Gasteiger partial charge in [0.2, 0.25) is 5.69 Å². The first kappa shape index (κ1) is 25.0. The van der Waals surface area contributed by atoms with E-state index < -0.39 is 11.7 Å². The highest BCUT2D eigenvalue weighted by atomic mass is 16.7. The molecule has 0 bridgehead atoms. The number of hydrogen-bond acceptors (Lipinski definition) is 5. The Hall–Kier alpha value is -3.62. The average molecular weight is 470 g/mol. The molecule has 3 amide bonds. The average Bonchev–Trinajstić information content (AvgIpc) is 3.25. The number of fused-ring (bicyclic) bond motifs is 1. The van der Waals surface area contributed by atoms with E-state index >= 15 is 0 Å². The van der Waals surface area contributed by atoms with Crippen LogP contribution in [0.25, 0.3) is 6.20 Å². The second-order valence-electron chi connectivity index (χ2n) is 9.11. The second kappa shape index (κ2) is 10.1. The molecule has 0 saturated carbocycles. The van der Waals surface area contributed by atoms with Crippen LogP contribution in [-0.4, -0.2) is 58.2 Å². The van der Waals surface area contributed by atoms with Gasteiger partial charge in [-0.2, -0.15) is 0 Å². The van der Waals surface area contributed by atoms with Crippen molar-refractivity contribution in [3.05, 3.63) is 59.7 Å². The zero-order chi connectivity index (χ0) is 25.0. The first-order valence-corrected chi connectivity index (χ1v) is 11.4. The summed E-state index contributed by atoms with van der Waals surface area (Å²) < 4.78 is 8.84. The van der Waals surface area contributed by atoms with Crippen LogP contribution in [0.4, 0.5) is 4.79 Å². The lowest BCUT2D eigenvalue weighted by molar-refractivity contribution is -0.578. The fraction of sp³-hybridized carbons (Fsp3) is 0.440. The summed E-state index contributed by atoms with van der Waals surface area (Å²) in [6, 6.07) is 6.81. The Balaban J connectivity index is 1.70. The molecule has 0 fully saturated rings. The van der Waals surface area contributed by atoms with Crippen molar-refractivity contribution >= 4 is 24.1 Å². The van der Waals surface area contributed by atoms with Gasteiger partial charge in [-0.1, -0.05) is 25.6 Å². The fourth-order valence-electron chi connectivity index (χ4n) is 3.74. The number of rotatable bonds is 9. The van der Waals surface area contributed by atoms with Crippen LogP contribution < -0.4 is 9.40 Å². The summed E-state index contributed by atoms with van der Waals surface area (Å²) in [5, 5.41) is 0. The first-order valence-electron chi connectivity index (χ1n) is 11.4. The number of hydrogen-bond donors (Lipinski definition) is 0. The number of carbonyl (C=O) groups is 3. The third kappa shape index (κ3) is 5.30. The predicted octanol–water partition coefficient (Wildman–Crippen LogP) is 2.92. The molecule has 3 rings (SSSR count). The molecule has 1 aliphatic rings. The molecule has 0 radical (unpaired) electrons. The largest absolute Gasteiger partial charge is 0.444 e. The molecule has 0 atom stereocenters. The number of benzene rings is 1. The lowest BCUT2D eigenvalue weighted by atomic mass is 10.1. The molecule has 34 heavy (non-hydrogen) atoms. The van der Waals surface area contributed by atoms with Crippen molar-refractivity contribution in [1.82, 2.24) is 14.5 Å². The van der Waals surface area contributed by atoms with Crippen LogP contribution in [-0.2, 0) is 17.7 Å². The predicted molar refractivity (Wildman–Crippen MR) is 126 cm³/mol. The molecule has 0 N–H and O–H groups in total. The van der Waals surface area contributed by atoms with E-state index in [1.807, 2.05) is 38.5 Å². The van der Waals surface area contributed by atoms with E-state index in [-0.39, 0.29) is 18.4 Å². The Labute approximate surface area is 200 Å². The molecule has 1 aliphatic heterocycles. The Morgan fingerprint density at radius 2 is 1.79 bits per heavy atom. The zero-order valence-corrected chi connectivity index (χ0v) is 20.5. The minimum absolute atomic E-state index is 0.0675. The van der Waals surface area contributed by atoms with Crippen LogP contribution in [0.2, 0.25) is 0 Å². The lowest BCUT2D eigenvalue weighted by Crippen LogP contribution is -2.36. The molecule has 0 unspecified atom stereocenters. The van der Waals surface area contributed by atoms with E-state index in [9.17, 15) is 14.4 Å². The number of imide groups is 1. The van der Waals surface area contributed by atoms with Gasteiger partial charge in [0.05, 0.1) is 30.3 Å². The minimum atomic E-state index is -0.555. The highest BCUT2D eigenvalue weighted by molar-refractivity contribution is 6.21. The third-order valence-corrected chi connectivity index (χ3v) is 5.36. The summed E-state index contributed by atoms with van der Waals surface area (Å²) in [5.74, 6) is 0.174. The number of amides is 3. The SMILES string of the molecule is C=C[n+]1cc(CN2C(=O)c3ccccc3C2=O)n(OCCCN(C)C(=O)OC(C)(C)C)c1CC. The van der Waals surface area contributed by atoms with Crippen molar-refractivity contribution in [1.29, 1.82) is 0 Å². The number of carbonyl (C=O) groups excluding carboxylic acids is 3. The molecule has 0 spiro atoms. The zero-order valence-electron chi connectivity index (χ0n) is 20.5. The van der Waals surface area contributed by atoms with E-state index in [2.05, 4.69) is 6.58 Å². The molecular formula is C25H33N4O5+. The molecule has 9 nitrogen and oxygen atoms in total. The van der Waals surface area contributed by atoms with E-state index in [1.54, 1.807) is 42.2 Å². The summed E-state index contributed by atoms with van der Waals surface area (Å²) in [6.45, 7) is 12.1. The molecule has 1 aromatic heterocycles. The molecule has 2 aromatic rings. The van der Waals surface area contributed by atoms with E-state index in [0.717, 1.165) is 5.82 Å². The number of nitrogens with zero attached hydrogens (tertiary/aromatic N) is 4. The van der Waals surface area contributed by atoms with Gasteiger partial charge in [0.1, 0.15) is 18.4 Å². The maximum Gasteiger partial charge on any atom is 0.410 e. The van der Waals surface area contributed by atoms with Gasteiger partial charge in [0.25, 0.3) is 11.8 Å². The van der Waals surface area contributed by atoms with Crippen molar-refractivity contribution in [3.63, 3.8) is 0 Å². The number of imidazole rings is 1. The standard InChI is InChI=1S/C25H33N4O5/c1-7-21-27(8-2)16-18(17-28-22(30)19-12-9-10-13-20(19)23(28)31)29(21)33-15-11-14-26(6)24(32)34-25(3,4)5/h8-10,12-13,16H,2,7,11,14-15,17H2,1,3-6H3/q+1. The highest BCUT2D eigenvalue weighted by Crippen LogP contribution is 2.24. The molecule has 1 aromatic carbocycles. The van der Waals surface area contributed by atoms with Crippen molar-refractivity contribution in [2.75, 3.05) is 20.2 Å². The normalized spacial score (nSPS) is 13.1. The van der Waals surface area contributed by atoms with Gasteiger partial charge in [-0.15, -0.1) is 0 Å². The molecule has 182 valence electrons. The van der Waals surface area contributed by atoms with Gasteiger partial charge in [0, 0.05) is 20.0 Å². The van der Waals surface area contributed by atoms with Gasteiger partial charge in [-0.05, 0) is 37.6 Å². The van der Waals surface area contributed by atoms with E-state index in [4.69, 9.17) is 9.57 Å². The quantitative estimate of drug-likeness (QED) is 0.320. The fourth-order valence-corrected chi connectivity index (χ4v) is 3.74. The van der Waals surface area contributed by atoms with Crippen LogP contribution >= 0.6 is 0 Å². The highest BCUT2D eigenvalue weighted by Gasteiger charge is 2.37. The maximum atomic E-state index is 12.8. The Kier molecular flexibility index (Phi) is 7.44. The Morgan fingerprint density at radius 3 is 2.32 bits per heavy atom. The topological polar surface area (TPSA) is 85.0 Å². The van der Waals surface area contributed by atoms with Gasteiger partial charge in [-0.3, -0.25) is 14.5 Å². The lowest BCUT2D eigenvalue weighted by Gasteiger charge is -2.24. The summed E-state index contributed by atoms with van der Waals surface area (Å²) in [7, 11) is 1.68. The summed E-state index contributed by atoms with van der Waals surface area (Å²) in [6.07, 6.45) is 4.28. The second-order valence-corrected chi connectivity index (χ2v) is 9.11. The van der Waals surface area contributed by atoms with Gasteiger partial charge in [0.15, 0.2) is 0 Å². The van der Waals surface area contributed by atoms with Crippen LogP contribution in [0.3, 0.4) is 0 Å². The molecular weight excluding hydrogens is 436 g/mol. The monoisotopic (exact) mass is 469 g/mol. The smallest absolute Gasteiger partial charge is 0.410 e. The van der Waals surface area contributed by atoms with E-state index in [1.165, 1.54) is 9.80 Å². The van der Waals surface area contributed by atoms with Crippen molar-refractivity contribution in [2.24, 2.45) is 0 Å². The van der Waals surface area contributed by atoms with Crippen LogP contribution in [0.1, 0.15) is 66.4 Å². The molecule has 0 saturated heterocycles. The van der Waals surface area contributed by atoms with Crippen molar-refractivity contribution in [2.45, 2.75) is 52.7 Å². The van der Waals surface area contributed by atoms with Crippen LogP contribution in [0, 0.1) is 0 Å². The Morgan fingerprint density at radius 1 is 1.18 bits per heavy atom. The molecule has 2 heterocycles. The summed E-state index contributed by atoms with van der Waals surface area (Å²) in [4.78, 5) is 46.6. The molecule has 9 heteroatoms. The number of ether oxygens (including phenoxy) is 1. The van der Waals surface area contributed by atoms with E-state index in [0.29, 0.717) is 42.8 Å². The van der Waals surface area contributed by atoms with Gasteiger partial charge in [-0.25, -0.2) is 9.36 Å². The maximum absolute atomic E-state index is 12.8. The first-order chi connectivity index (χ1) is 16.1.